The van der Waals surface area contributed by atoms with Crippen molar-refractivity contribution in [2.45, 2.75) is 26.2 Å². The Balaban J connectivity index is 1.41. The van der Waals surface area contributed by atoms with Crippen LogP contribution in [0.5, 0.6) is 0 Å². The Hall–Kier alpha value is -2.41. The normalized spacial score (nSPS) is 11.9. The number of aromatic amines is 1. The average Bonchev–Trinajstić information content (AvgIpc) is 3.22. The number of benzene rings is 1. The van der Waals surface area contributed by atoms with Crippen LogP contribution >= 0.6 is 11.3 Å². The Kier molecular flexibility index (Phi) is 6.22. The molecule has 2 aromatic heterocycles. The zero-order chi connectivity index (χ0) is 18.4. The number of aliphatic imine (C=N–C) groups is 1. The monoisotopic (exact) mass is 373 g/mol. The van der Waals surface area contributed by atoms with Crippen molar-refractivity contribution >= 4 is 28.2 Å². The van der Waals surface area contributed by atoms with E-state index in [9.17, 15) is 4.39 Å². The molecule has 0 spiro atoms. The highest BCUT2D eigenvalue weighted by molar-refractivity contribution is 7.09. The van der Waals surface area contributed by atoms with Gasteiger partial charge in [-0.05, 0) is 43.5 Å². The molecule has 138 valence electrons. The number of aryl methyl sites for hydroxylation is 2. The fourth-order valence-electron chi connectivity index (χ4n) is 2.87. The molecule has 3 aromatic rings. The Labute approximate surface area is 156 Å². The van der Waals surface area contributed by atoms with E-state index in [1.165, 1.54) is 22.7 Å². The quantitative estimate of drug-likeness (QED) is 0.338. The van der Waals surface area contributed by atoms with Crippen molar-refractivity contribution in [3.63, 3.8) is 0 Å². The summed E-state index contributed by atoms with van der Waals surface area (Å²) in [5, 5.41) is 11.0. The minimum atomic E-state index is -0.221. The van der Waals surface area contributed by atoms with E-state index in [1.807, 2.05) is 19.2 Å². The third-order valence-electron chi connectivity index (χ3n) is 4.17. The van der Waals surface area contributed by atoms with Gasteiger partial charge in [-0.2, -0.15) is 0 Å². The first-order valence-corrected chi connectivity index (χ1v) is 9.64. The number of rotatable bonds is 7. The van der Waals surface area contributed by atoms with Crippen LogP contribution in [0.15, 0.2) is 34.8 Å². The molecule has 5 nitrogen and oxygen atoms in total. The number of H-pyrrole nitrogens is 1. The molecule has 26 heavy (non-hydrogen) atoms. The van der Waals surface area contributed by atoms with Crippen LogP contribution in [-0.2, 0) is 12.8 Å². The first-order chi connectivity index (χ1) is 12.7. The highest BCUT2D eigenvalue weighted by atomic mass is 32.1. The largest absolute Gasteiger partial charge is 0.361 e. The molecule has 0 aliphatic rings. The maximum Gasteiger partial charge on any atom is 0.190 e. The van der Waals surface area contributed by atoms with Crippen molar-refractivity contribution in [3.05, 3.63) is 51.9 Å². The molecule has 1 aromatic carbocycles. The van der Waals surface area contributed by atoms with Gasteiger partial charge in [0.15, 0.2) is 5.96 Å². The van der Waals surface area contributed by atoms with E-state index in [4.69, 9.17) is 0 Å². The summed E-state index contributed by atoms with van der Waals surface area (Å²) in [5.74, 6) is 0.577. The van der Waals surface area contributed by atoms with Gasteiger partial charge < -0.3 is 15.6 Å². The number of nitrogens with one attached hydrogen (secondary N) is 3. The van der Waals surface area contributed by atoms with E-state index in [0.29, 0.717) is 0 Å². The zero-order valence-electron chi connectivity index (χ0n) is 15.1. The first-order valence-electron chi connectivity index (χ1n) is 8.77. The Morgan fingerprint density at radius 3 is 2.88 bits per heavy atom. The van der Waals surface area contributed by atoms with Crippen molar-refractivity contribution in [2.24, 2.45) is 4.99 Å². The summed E-state index contributed by atoms with van der Waals surface area (Å²) >= 11 is 1.72. The maximum absolute atomic E-state index is 13.2. The Morgan fingerprint density at radius 2 is 2.12 bits per heavy atom. The first kappa shape index (κ1) is 18.4. The molecule has 0 atom stereocenters. The van der Waals surface area contributed by atoms with Crippen molar-refractivity contribution in [1.29, 1.82) is 0 Å². The molecule has 0 bridgehead atoms. The van der Waals surface area contributed by atoms with Crippen LogP contribution in [0.1, 0.15) is 22.7 Å². The zero-order valence-corrected chi connectivity index (χ0v) is 15.9. The van der Waals surface area contributed by atoms with Crippen LogP contribution in [0.4, 0.5) is 4.39 Å². The van der Waals surface area contributed by atoms with Gasteiger partial charge in [0.1, 0.15) is 5.82 Å². The van der Waals surface area contributed by atoms with Gasteiger partial charge in [0.2, 0.25) is 0 Å². The molecule has 0 amide bonds. The molecule has 0 unspecified atom stereocenters. The van der Waals surface area contributed by atoms with E-state index in [1.54, 1.807) is 18.4 Å². The Morgan fingerprint density at radius 1 is 1.27 bits per heavy atom. The lowest BCUT2D eigenvalue weighted by Gasteiger charge is -2.11. The number of nitrogens with zero attached hydrogens (tertiary/aromatic N) is 2. The summed E-state index contributed by atoms with van der Waals surface area (Å²) < 4.78 is 13.2. The lowest BCUT2D eigenvalue weighted by atomic mass is 10.1. The van der Waals surface area contributed by atoms with E-state index < -0.39 is 0 Å². The summed E-state index contributed by atoms with van der Waals surface area (Å²) in [6.07, 6.45) is 4.78. The highest BCUT2D eigenvalue weighted by Gasteiger charge is 2.05. The molecule has 3 N–H and O–H groups in total. The molecule has 0 saturated heterocycles. The average molecular weight is 374 g/mol. The molecular weight excluding hydrogens is 349 g/mol. The van der Waals surface area contributed by atoms with Gasteiger partial charge >= 0.3 is 0 Å². The highest BCUT2D eigenvalue weighted by Crippen LogP contribution is 2.19. The number of hydrogen-bond donors (Lipinski definition) is 3. The fraction of sp³-hybridized carbons (Fsp3) is 0.368. The predicted octanol–water partition coefficient (Wildman–Crippen LogP) is 3.41. The van der Waals surface area contributed by atoms with E-state index in [0.717, 1.165) is 54.9 Å². The minimum absolute atomic E-state index is 0.221. The summed E-state index contributed by atoms with van der Waals surface area (Å²) in [5.41, 5.74) is 3.09. The number of thiazole rings is 1. The predicted molar refractivity (Wildman–Crippen MR) is 106 cm³/mol. The smallest absolute Gasteiger partial charge is 0.190 e. The summed E-state index contributed by atoms with van der Waals surface area (Å²) in [6, 6.07) is 4.85. The van der Waals surface area contributed by atoms with Gasteiger partial charge in [-0.15, -0.1) is 11.3 Å². The van der Waals surface area contributed by atoms with Crippen LogP contribution < -0.4 is 10.6 Å². The molecule has 7 heteroatoms. The lowest BCUT2D eigenvalue weighted by molar-refractivity contribution is 0.629. The van der Waals surface area contributed by atoms with Crippen molar-refractivity contribution < 1.29 is 4.39 Å². The Bertz CT molecular complexity index is 883. The number of fused-ring (bicyclic) bond motifs is 1. The van der Waals surface area contributed by atoms with Crippen LogP contribution in [0.3, 0.4) is 0 Å². The van der Waals surface area contributed by atoms with E-state index in [-0.39, 0.29) is 5.82 Å². The molecule has 0 fully saturated rings. The van der Waals surface area contributed by atoms with Crippen molar-refractivity contribution in [3.8, 4) is 0 Å². The molecule has 2 heterocycles. The summed E-state index contributed by atoms with van der Waals surface area (Å²) in [7, 11) is 1.77. The van der Waals surface area contributed by atoms with Crippen LogP contribution in [0.25, 0.3) is 10.9 Å². The molecular formula is C19H24FN5S. The molecule has 3 rings (SSSR count). The summed E-state index contributed by atoms with van der Waals surface area (Å²) in [6.45, 7) is 3.63. The van der Waals surface area contributed by atoms with Crippen LogP contribution in [0.2, 0.25) is 0 Å². The third-order valence-corrected chi connectivity index (χ3v) is 5.19. The standard InChI is InChI=1S/C19H24FN5S/c1-13-12-26-18(25-13)4-3-8-22-19(21-2)23-9-7-14-11-24-17-10-15(20)5-6-16(14)17/h5-6,10-12,24H,3-4,7-9H2,1-2H3,(H2,21,22,23). The van der Waals surface area contributed by atoms with Gasteiger partial charge in [-0.1, -0.05) is 0 Å². The van der Waals surface area contributed by atoms with Crippen molar-refractivity contribution in [1.82, 2.24) is 20.6 Å². The minimum Gasteiger partial charge on any atom is -0.361 e. The molecule has 0 saturated carbocycles. The molecule has 0 radical (unpaired) electrons. The topological polar surface area (TPSA) is 65.1 Å². The number of hydrogen-bond acceptors (Lipinski definition) is 3. The lowest BCUT2D eigenvalue weighted by Crippen LogP contribution is -2.38. The molecule has 0 aliphatic carbocycles. The maximum atomic E-state index is 13.2. The van der Waals surface area contributed by atoms with Crippen molar-refractivity contribution in [2.75, 3.05) is 20.1 Å². The second-order valence-corrected chi connectivity index (χ2v) is 7.11. The van der Waals surface area contributed by atoms with E-state index in [2.05, 4.69) is 31.0 Å². The van der Waals surface area contributed by atoms with Crippen LogP contribution in [0, 0.1) is 12.7 Å². The van der Waals surface area contributed by atoms with Gasteiger partial charge in [0.25, 0.3) is 0 Å². The second-order valence-electron chi connectivity index (χ2n) is 6.17. The molecule has 0 aliphatic heterocycles. The third kappa shape index (κ3) is 4.82. The summed E-state index contributed by atoms with van der Waals surface area (Å²) in [4.78, 5) is 11.8. The number of aromatic nitrogens is 2. The van der Waals surface area contributed by atoms with Gasteiger partial charge in [-0.25, -0.2) is 9.37 Å². The number of guanidine groups is 1. The second kappa shape index (κ2) is 8.80. The fourth-order valence-corrected chi connectivity index (χ4v) is 3.68. The van der Waals surface area contributed by atoms with Gasteiger partial charge in [-0.3, -0.25) is 4.99 Å². The number of halogens is 1. The van der Waals surface area contributed by atoms with Crippen LogP contribution in [-0.4, -0.2) is 36.1 Å². The van der Waals surface area contributed by atoms with Gasteiger partial charge in [0, 0.05) is 54.7 Å². The van der Waals surface area contributed by atoms with E-state index >= 15 is 0 Å². The van der Waals surface area contributed by atoms with Gasteiger partial charge in [0.05, 0.1) is 5.01 Å². The SMILES string of the molecule is CN=C(NCCCc1nc(C)cs1)NCCc1c[nH]c2cc(F)ccc12.